The van der Waals surface area contributed by atoms with E-state index in [4.69, 9.17) is 5.73 Å². The number of aryl methyl sites for hydroxylation is 1. The Hall–Kier alpha value is -2.08. The first-order valence-electron chi connectivity index (χ1n) is 7.14. The van der Waals surface area contributed by atoms with Crippen LogP contribution in [0.3, 0.4) is 0 Å². The molecule has 0 spiro atoms. The Labute approximate surface area is 123 Å². The van der Waals surface area contributed by atoms with Crippen LogP contribution in [0.4, 0.5) is 15.9 Å². The van der Waals surface area contributed by atoms with Gasteiger partial charge in [0.2, 0.25) is 0 Å². The first-order chi connectivity index (χ1) is 10.1. The van der Waals surface area contributed by atoms with E-state index in [-0.39, 0.29) is 5.82 Å². The lowest BCUT2D eigenvalue weighted by atomic mass is 10.2. The zero-order chi connectivity index (χ0) is 14.8. The third-order valence-electron chi connectivity index (χ3n) is 3.92. The largest absolute Gasteiger partial charge is 0.384 e. The minimum absolute atomic E-state index is 0.150. The molecule has 21 heavy (non-hydrogen) atoms. The molecule has 0 saturated carbocycles. The number of anilines is 2. The van der Waals surface area contributed by atoms with Gasteiger partial charge in [0.05, 0.1) is 11.4 Å². The van der Waals surface area contributed by atoms with Crippen molar-refractivity contribution in [1.29, 1.82) is 0 Å². The fourth-order valence-corrected chi connectivity index (χ4v) is 2.70. The van der Waals surface area contributed by atoms with Gasteiger partial charge in [0.15, 0.2) is 0 Å². The second kappa shape index (κ2) is 5.73. The van der Waals surface area contributed by atoms with Crippen molar-refractivity contribution in [1.82, 2.24) is 14.7 Å². The van der Waals surface area contributed by atoms with Crippen LogP contribution < -0.4 is 10.6 Å². The maximum absolute atomic E-state index is 13.8. The van der Waals surface area contributed by atoms with Crippen LogP contribution in [-0.2, 0) is 13.6 Å². The Bertz CT molecular complexity index is 597. The van der Waals surface area contributed by atoms with Gasteiger partial charge in [-0.05, 0) is 12.1 Å². The zero-order valence-corrected chi connectivity index (χ0v) is 12.2. The highest BCUT2D eigenvalue weighted by Gasteiger charge is 2.20. The highest BCUT2D eigenvalue weighted by molar-refractivity contribution is 5.48. The number of benzene rings is 1. The number of nitrogen functional groups attached to an aromatic ring is 1. The summed E-state index contributed by atoms with van der Waals surface area (Å²) in [5.41, 5.74) is 7.47. The van der Waals surface area contributed by atoms with Gasteiger partial charge < -0.3 is 10.6 Å². The second-order valence-electron chi connectivity index (χ2n) is 5.40. The van der Waals surface area contributed by atoms with Crippen molar-refractivity contribution in [2.24, 2.45) is 7.05 Å². The van der Waals surface area contributed by atoms with Gasteiger partial charge in [0.1, 0.15) is 11.6 Å². The Morgan fingerprint density at radius 1 is 1.19 bits per heavy atom. The molecule has 2 aromatic rings. The van der Waals surface area contributed by atoms with Crippen molar-refractivity contribution in [3.05, 3.63) is 41.8 Å². The van der Waals surface area contributed by atoms with Gasteiger partial charge in [0.25, 0.3) is 0 Å². The van der Waals surface area contributed by atoms with Gasteiger partial charge in [-0.1, -0.05) is 12.1 Å². The van der Waals surface area contributed by atoms with Crippen molar-refractivity contribution in [2.45, 2.75) is 6.54 Å². The number of halogens is 1. The van der Waals surface area contributed by atoms with E-state index in [1.807, 2.05) is 25.2 Å². The number of hydrogen-bond acceptors (Lipinski definition) is 4. The molecule has 0 aliphatic carbocycles. The molecule has 0 atom stereocenters. The summed E-state index contributed by atoms with van der Waals surface area (Å²) in [4.78, 5) is 4.41. The van der Waals surface area contributed by atoms with Gasteiger partial charge in [-0.15, -0.1) is 0 Å². The van der Waals surface area contributed by atoms with Crippen LogP contribution in [0.1, 0.15) is 5.69 Å². The number of nitrogens with zero attached hydrogens (tertiary/aromatic N) is 4. The molecule has 1 saturated heterocycles. The number of hydrogen-bond donors (Lipinski definition) is 1. The molecular formula is C15H20FN5. The summed E-state index contributed by atoms with van der Waals surface area (Å²) >= 11 is 0. The summed E-state index contributed by atoms with van der Waals surface area (Å²) in [6.07, 6.45) is 0. The molecule has 1 aromatic heterocycles. The van der Waals surface area contributed by atoms with E-state index in [2.05, 4.69) is 14.9 Å². The maximum atomic E-state index is 13.8. The number of rotatable bonds is 3. The SMILES string of the molecule is Cn1nc(CN2CCN(c3ccccc3F)CC2)cc1N. The van der Waals surface area contributed by atoms with Crippen molar-refractivity contribution in [3.8, 4) is 0 Å². The minimum Gasteiger partial charge on any atom is -0.384 e. The Balaban J connectivity index is 1.59. The summed E-state index contributed by atoms with van der Waals surface area (Å²) in [5.74, 6) is 0.526. The molecule has 1 aliphatic heterocycles. The highest BCUT2D eigenvalue weighted by atomic mass is 19.1. The van der Waals surface area contributed by atoms with Crippen LogP contribution in [-0.4, -0.2) is 40.9 Å². The predicted octanol–water partition coefficient (Wildman–Crippen LogP) is 1.46. The first kappa shape index (κ1) is 13.9. The quantitative estimate of drug-likeness (QED) is 0.929. The molecule has 1 aliphatic rings. The average Bonchev–Trinajstić information content (AvgIpc) is 2.79. The lowest BCUT2D eigenvalue weighted by Crippen LogP contribution is -2.46. The van der Waals surface area contributed by atoms with Crippen LogP contribution in [0.15, 0.2) is 30.3 Å². The normalized spacial score (nSPS) is 16.4. The number of piperazine rings is 1. The maximum Gasteiger partial charge on any atom is 0.146 e. The summed E-state index contributed by atoms with van der Waals surface area (Å²) < 4.78 is 15.5. The fourth-order valence-electron chi connectivity index (χ4n) is 2.70. The van der Waals surface area contributed by atoms with Gasteiger partial charge >= 0.3 is 0 Å². The molecule has 0 amide bonds. The molecule has 0 radical (unpaired) electrons. The fraction of sp³-hybridized carbons (Fsp3) is 0.400. The smallest absolute Gasteiger partial charge is 0.146 e. The molecule has 1 fully saturated rings. The van der Waals surface area contributed by atoms with E-state index in [1.165, 1.54) is 6.07 Å². The summed E-state index contributed by atoms with van der Waals surface area (Å²) in [7, 11) is 1.84. The van der Waals surface area contributed by atoms with Crippen LogP contribution in [0, 0.1) is 5.82 Å². The van der Waals surface area contributed by atoms with E-state index in [0.29, 0.717) is 11.5 Å². The van der Waals surface area contributed by atoms with E-state index in [1.54, 1.807) is 10.7 Å². The van der Waals surface area contributed by atoms with E-state index in [9.17, 15) is 4.39 Å². The highest BCUT2D eigenvalue weighted by Crippen LogP contribution is 2.20. The molecular weight excluding hydrogens is 269 g/mol. The van der Waals surface area contributed by atoms with E-state index < -0.39 is 0 Å². The van der Waals surface area contributed by atoms with Gasteiger partial charge in [-0.3, -0.25) is 9.58 Å². The summed E-state index contributed by atoms with van der Waals surface area (Å²) in [5, 5.41) is 4.37. The molecule has 112 valence electrons. The van der Waals surface area contributed by atoms with Gasteiger partial charge in [-0.2, -0.15) is 5.10 Å². The van der Waals surface area contributed by atoms with Crippen LogP contribution in [0.25, 0.3) is 0 Å². The van der Waals surface area contributed by atoms with Gasteiger partial charge in [0, 0.05) is 45.8 Å². The van der Waals surface area contributed by atoms with Crippen molar-refractivity contribution in [2.75, 3.05) is 36.8 Å². The molecule has 0 bridgehead atoms. The van der Waals surface area contributed by atoms with Crippen LogP contribution in [0.2, 0.25) is 0 Å². The van der Waals surface area contributed by atoms with E-state index in [0.717, 1.165) is 38.4 Å². The zero-order valence-electron chi connectivity index (χ0n) is 12.2. The average molecular weight is 289 g/mol. The Morgan fingerprint density at radius 2 is 1.90 bits per heavy atom. The lowest BCUT2D eigenvalue weighted by molar-refractivity contribution is 0.246. The number of para-hydroxylation sites is 1. The molecule has 6 heteroatoms. The van der Waals surface area contributed by atoms with Gasteiger partial charge in [-0.25, -0.2) is 4.39 Å². The monoisotopic (exact) mass is 289 g/mol. The predicted molar refractivity (Wildman–Crippen MR) is 81.5 cm³/mol. The first-order valence-corrected chi connectivity index (χ1v) is 7.14. The standard InChI is InChI=1S/C15H20FN5/c1-19-15(17)10-12(18-19)11-20-6-8-21(9-7-20)14-5-3-2-4-13(14)16/h2-5,10H,6-9,11,17H2,1H3. The molecule has 2 N–H and O–H groups in total. The molecule has 2 heterocycles. The van der Waals surface area contributed by atoms with Crippen molar-refractivity contribution >= 4 is 11.5 Å². The molecule has 0 unspecified atom stereocenters. The number of aromatic nitrogens is 2. The van der Waals surface area contributed by atoms with Crippen molar-refractivity contribution < 1.29 is 4.39 Å². The van der Waals surface area contributed by atoms with Crippen molar-refractivity contribution in [3.63, 3.8) is 0 Å². The Morgan fingerprint density at radius 3 is 2.52 bits per heavy atom. The molecule has 3 rings (SSSR count). The topological polar surface area (TPSA) is 50.3 Å². The second-order valence-corrected chi connectivity index (χ2v) is 5.40. The summed E-state index contributed by atoms with van der Waals surface area (Å²) in [6, 6.07) is 8.86. The third-order valence-corrected chi connectivity index (χ3v) is 3.92. The number of nitrogens with two attached hydrogens (primary N) is 1. The molecule has 5 nitrogen and oxygen atoms in total. The Kier molecular flexibility index (Phi) is 3.79. The lowest BCUT2D eigenvalue weighted by Gasteiger charge is -2.35. The van der Waals surface area contributed by atoms with Crippen LogP contribution in [0.5, 0.6) is 0 Å². The molecule has 1 aromatic carbocycles. The van der Waals surface area contributed by atoms with Crippen LogP contribution >= 0.6 is 0 Å². The summed E-state index contributed by atoms with van der Waals surface area (Å²) in [6.45, 7) is 4.22. The van der Waals surface area contributed by atoms with E-state index >= 15 is 0 Å². The third kappa shape index (κ3) is 3.00. The minimum atomic E-state index is -0.150.